The van der Waals surface area contributed by atoms with Crippen molar-refractivity contribution in [2.24, 2.45) is 5.92 Å². The summed E-state index contributed by atoms with van der Waals surface area (Å²) in [5.74, 6) is -0.368. The molecule has 0 radical (unpaired) electrons. The SMILES string of the molecule is Cc1ncsc1-c1ccc(CCC(=O)[C@@H]2C[C@@H](O)CN2C(=O)[C@H](C(C)C)N2Cc3ccccc3C2=O)c(OCCOC2CCCC[C@@H]2OCCOc2ccc(N3C(=S)N(c4ccc(C#N)c(C(F)(F)F)c4)C(=O)C3(C)C)cc2)c1. The Morgan fingerprint density at radius 1 is 0.924 bits per heavy atom. The molecular formula is C59H63F3N6O9S2. The number of halogens is 3. The van der Waals surface area contributed by atoms with E-state index in [-0.39, 0.29) is 92.3 Å². The number of carbonyl (C=O) groups is 4. The smallest absolute Gasteiger partial charge is 0.417 e. The summed E-state index contributed by atoms with van der Waals surface area (Å²) in [6.07, 6.45) is -1.93. The van der Waals surface area contributed by atoms with Gasteiger partial charge in [0.05, 0.1) is 76.5 Å². The van der Waals surface area contributed by atoms with Crippen LogP contribution in [0.25, 0.3) is 10.4 Å². The molecule has 9 rings (SSSR count). The predicted octanol–water partition coefficient (Wildman–Crippen LogP) is 9.87. The second-order valence-electron chi connectivity index (χ2n) is 21.2. The first-order valence-corrected chi connectivity index (χ1v) is 27.9. The summed E-state index contributed by atoms with van der Waals surface area (Å²) in [6, 6.07) is 23.1. The van der Waals surface area contributed by atoms with Gasteiger partial charge in [0.25, 0.3) is 11.8 Å². The van der Waals surface area contributed by atoms with E-state index in [0.717, 1.165) is 70.0 Å². The van der Waals surface area contributed by atoms with E-state index < -0.39 is 46.9 Å². The van der Waals surface area contributed by atoms with Crippen LogP contribution in [0.3, 0.4) is 0 Å². The van der Waals surface area contributed by atoms with Gasteiger partial charge in [-0.2, -0.15) is 18.4 Å². The minimum absolute atomic E-state index is 0.0104. The number of aliphatic hydroxyl groups excluding tert-OH is 1. The third kappa shape index (κ3) is 12.1. The van der Waals surface area contributed by atoms with Crippen LogP contribution >= 0.6 is 23.6 Å². The number of rotatable bonds is 20. The number of nitrogens with zero attached hydrogens (tertiary/aromatic N) is 6. The molecule has 3 amide bonds. The number of anilines is 2. The van der Waals surface area contributed by atoms with E-state index in [1.54, 1.807) is 71.6 Å². The van der Waals surface area contributed by atoms with Crippen molar-refractivity contribution in [1.29, 1.82) is 5.26 Å². The molecule has 3 aliphatic heterocycles. The number of ether oxygens (including phenoxy) is 4. The fraction of sp³-hybridized carbons (Fsp3) is 0.441. The first kappa shape index (κ1) is 56.9. The van der Waals surface area contributed by atoms with E-state index in [1.165, 1.54) is 22.3 Å². The number of ketones is 1. The van der Waals surface area contributed by atoms with Crippen molar-refractivity contribution in [3.05, 3.63) is 124 Å². The summed E-state index contributed by atoms with van der Waals surface area (Å²) in [7, 11) is 0. The van der Waals surface area contributed by atoms with Crippen LogP contribution in [0.4, 0.5) is 24.5 Å². The van der Waals surface area contributed by atoms with Crippen LogP contribution in [0, 0.1) is 24.2 Å². The van der Waals surface area contributed by atoms with E-state index >= 15 is 0 Å². The highest BCUT2D eigenvalue weighted by Crippen LogP contribution is 2.41. The molecule has 15 nitrogen and oxygen atoms in total. The number of hydrogen-bond donors (Lipinski definition) is 1. The molecule has 5 atom stereocenters. The van der Waals surface area contributed by atoms with Gasteiger partial charge in [0.2, 0.25) is 5.91 Å². The van der Waals surface area contributed by atoms with Gasteiger partial charge in [-0.05, 0) is 129 Å². The predicted molar refractivity (Wildman–Crippen MR) is 295 cm³/mol. The number of likely N-dealkylation sites (tertiary alicyclic amines) is 1. The Bertz CT molecular complexity index is 3140. The molecule has 3 fully saturated rings. The summed E-state index contributed by atoms with van der Waals surface area (Å²) < 4.78 is 66.7. The standard InChI is InChI=1S/C59H63F3N6O9S2/c1-35(2)52(66-32-40-10-6-7-11-45(40)54(66)71)55(72)65-33-43(69)30-47(65)48(70)23-17-37-14-15-38(53-36(3)64-34-79-53)28-51(37)77-27-26-76-50-13-9-8-12-49(50)75-25-24-74-44-21-19-41(20-22-44)68-57(78)67(56(73)58(68,4)5)42-18-16-39(31-63)46(29-42)59(60,61)62/h6-7,10-11,14-16,18-22,28-29,34-35,43,47,49-50,52,69H,8-9,12-13,17,23-27,30,32-33H2,1-5H3/t43-,47+,49+,50?,52+/m1/s1. The second-order valence-corrected chi connectivity index (χ2v) is 22.4. The molecule has 1 unspecified atom stereocenters. The van der Waals surface area contributed by atoms with Gasteiger partial charge >= 0.3 is 6.18 Å². The number of benzene rings is 4. The summed E-state index contributed by atoms with van der Waals surface area (Å²) in [6.45, 7) is 10.3. The average molecular weight is 1120 g/mol. The number of aliphatic hydroxyl groups is 1. The third-order valence-corrected chi connectivity index (χ3v) is 16.5. The number of fused-ring (bicyclic) bond motifs is 1. The Balaban J connectivity index is 0.779. The van der Waals surface area contributed by atoms with Crippen molar-refractivity contribution in [2.75, 3.05) is 42.8 Å². The molecule has 79 heavy (non-hydrogen) atoms. The van der Waals surface area contributed by atoms with Crippen molar-refractivity contribution in [3.8, 4) is 28.0 Å². The number of amides is 3. The van der Waals surface area contributed by atoms with Gasteiger partial charge in [-0.15, -0.1) is 11.3 Å². The molecule has 0 spiro atoms. The van der Waals surface area contributed by atoms with Gasteiger partial charge in [0, 0.05) is 37.2 Å². The maximum absolute atomic E-state index is 14.4. The average Bonchev–Trinajstić information content (AvgIpc) is 4.32. The molecule has 4 aromatic carbocycles. The Morgan fingerprint density at radius 3 is 2.25 bits per heavy atom. The maximum atomic E-state index is 14.4. The number of nitriles is 1. The van der Waals surface area contributed by atoms with Crippen LogP contribution in [-0.4, -0.2) is 117 Å². The number of carbonyl (C=O) groups excluding carboxylic acids is 4. The van der Waals surface area contributed by atoms with Crippen molar-refractivity contribution in [3.63, 3.8) is 0 Å². The topological polar surface area (TPSA) is 175 Å². The van der Waals surface area contributed by atoms with Crippen LogP contribution in [0.15, 0.2) is 90.4 Å². The molecule has 5 aromatic rings. The molecule has 1 saturated carbocycles. The lowest BCUT2D eigenvalue weighted by Crippen LogP contribution is -2.54. The largest absolute Gasteiger partial charge is 0.491 e. The van der Waals surface area contributed by atoms with Gasteiger partial charge in [0.15, 0.2) is 10.9 Å². The number of alkyl halides is 3. The van der Waals surface area contributed by atoms with Crippen molar-refractivity contribution < 1.29 is 56.4 Å². The van der Waals surface area contributed by atoms with Crippen molar-refractivity contribution in [1.82, 2.24) is 14.8 Å². The molecule has 1 aromatic heterocycles. The zero-order valence-corrected chi connectivity index (χ0v) is 46.3. The summed E-state index contributed by atoms with van der Waals surface area (Å²) >= 11 is 7.21. The lowest BCUT2D eigenvalue weighted by molar-refractivity contribution is -0.142. The van der Waals surface area contributed by atoms with Gasteiger partial charge in [0.1, 0.15) is 36.3 Å². The zero-order valence-electron chi connectivity index (χ0n) is 44.7. The van der Waals surface area contributed by atoms with E-state index in [1.807, 2.05) is 51.1 Å². The number of β-amino-alcohol motifs (C(OH)–C–C–N with tert-alkyl or cyclic N) is 1. The number of hydrogen-bond acceptors (Lipinski definition) is 13. The summed E-state index contributed by atoms with van der Waals surface area (Å²) in [4.78, 5) is 66.9. The van der Waals surface area contributed by atoms with E-state index in [2.05, 4.69) is 4.98 Å². The quantitative estimate of drug-likeness (QED) is 0.0577. The fourth-order valence-corrected chi connectivity index (χ4v) is 12.5. The molecule has 20 heteroatoms. The highest BCUT2D eigenvalue weighted by molar-refractivity contribution is 7.81. The van der Waals surface area contributed by atoms with Crippen molar-refractivity contribution in [2.45, 2.75) is 128 Å². The molecule has 4 aliphatic rings. The Morgan fingerprint density at radius 2 is 1.61 bits per heavy atom. The Labute approximate surface area is 466 Å². The minimum atomic E-state index is -4.81. The van der Waals surface area contributed by atoms with Gasteiger partial charge in [-0.25, -0.2) is 4.98 Å². The van der Waals surface area contributed by atoms with Gasteiger partial charge in [-0.3, -0.25) is 24.1 Å². The van der Waals surface area contributed by atoms with Gasteiger partial charge in [-0.1, -0.05) is 57.0 Å². The molecule has 4 heterocycles. The number of Topliss-reactive ketones (excluding diaryl/α,β-unsaturated/α-hetero) is 1. The number of aryl methyl sites for hydroxylation is 2. The Hall–Kier alpha value is -6.76. The van der Waals surface area contributed by atoms with Crippen LogP contribution in [0.5, 0.6) is 11.5 Å². The molecule has 1 N–H and O–H groups in total. The van der Waals surface area contributed by atoms with Crippen LogP contribution in [0.2, 0.25) is 0 Å². The van der Waals surface area contributed by atoms with Crippen LogP contribution < -0.4 is 19.3 Å². The first-order valence-electron chi connectivity index (χ1n) is 26.6. The highest BCUT2D eigenvalue weighted by atomic mass is 32.1. The van der Waals surface area contributed by atoms with Crippen LogP contribution in [0.1, 0.15) is 105 Å². The normalized spacial score (nSPS) is 20.5. The molecule has 1 aliphatic carbocycles. The van der Waals surface area contributed by atoms with E-state index in [9.17, 15) is 42.7 Å². The lowest BCUT2D eigenvalue weighted by atomic mass is 9.94. The minimum Gasteiger partial charge on any atom is -0.491 e. The summed E-state index contributed by atoms with van der Waals surface area (Å²) in [5, 5.41) is 20.1. The Kier molecular flexibility index (Phi) is 17.2. The fourth-order valence-electron chi connectivity index (χ4n) is 11.2. The van der Waals surface area contributed by atoms with E-state index in [0.29, 0.717) is 35.7 Å². The third-order valence-electron chi connectivity index (χ3n) is 15.2. The first-order chi connectivity index (χ1) is 37.8. The number of aromatic nitrogens is 1. The molecule has 0 bridgehead atoms. The van der Waals surface area contributed by atoms with Crippen LogP contribution in [-0.2, 0) is 43.0 Å². The monoisotopic (exact) mass is 1120 g/mol. The maximum Gasteiger partial charge on any atom is 0.417 e. The summed E-state index contributed by atoms with van der Waals surface area (Å²) in [5.41, 5.74) is 3.31. The highest BCUT2D eigenvalue weighted by Gasteiger charge is 2.51. The molecular weight excluding hydrogens is 1060 g/mol. The van der Waals surface area contributed by atoms with Gasteiger partial charge < -0.3 is 38.8 Å². The van der Waals surface area contributed by atoms with E-state index in [4.69, 9.17) is 31.2 Å². The molecule has 2 saturated heterocycles. The number of thiazole rings is 1. The lowest BCUT2D eigenvalue weighted by Gasteiger charge is -2.35. The number of thiocarbonyl (C=S) groups is 1. The van der Waals surface area contributed by atoms with Crippen molar-refractivity contribution >= 4 is 63.5 Å². The zero-order chi connectivity index (χ0) is 56.3. The second kappa shape index (κ2) is 23.9. The molecule has 416 valence electrons.